The largest absolute Gasteiger partial charge is 0.337 e. The van der Waals surface area contributed by atoms with Crippen molar-refractivity contribution in [3.8, 4) is 23.6 Å². The van der Waals surface area contributed by atoms with Gasteiger partial charge in [0.1, 0.15) is 11.1 Å². The minimum absolute atomic E-state index is 0.0112. The van der Waals surface area contributed by atoms with Crippen LogP contribution in [0.5, 0.6) is 0 Å². The molecule has 42 heavy (non-hydrogen) atoms. The van der Waals surface area contributed by atoms with Crippen molar-refractivity contribution in [2.75, 3.05) is 49.5 Å². The first-order chi connectivity index (χ1) is 20.3. The lowest BCUT2D eigenvalue weighted by molar-refractivity contribution is -0.135. The molecule has 3 aromatic heterocycles. The van der Waals surface area contributed by atoms with E-state index in [-0.39, 0.29) is 24.4 Å². The van der Waals surface area contributed by atoms with E-state index in [4.69, 9.17) is 6.42 Å². The number of anilines is 2. The van der Waals surface area contributed by atoms with Crippen LogP contribution in [0.3, 0.4) is 0 Å². The summed E-state index contributed by atoms with van der Waals surface area (Å²) in [5.74, 6) is 3.24. The predicted molar refractivity (Wildman–Crippen MR) is 160 cm³/mol. The third-order valence-electron chi connectivity index (χ3n) is 8.19. The molecule has 1 unspecified atom stereocenters. The number of hydrogen-bond donors (Lipinski definition) is 2. The zero-order valence-electron chi connectivity index (χ0n) is 23.7. The number of nitrogens with one attached hydrogen (secondary N) is 2. The van der Waals surface area contributed by atoms with Gasteiger partial charge in [-0.25, -0.2) is 9.97 Å². The number of aryl methyl sites for hydroxylation is 1. The number of likely N-dealkylation sites (tertiary alicyclic amines) is 1. The van der Waals surface area contributed by atoms with E-state index in [0.717, 1.165) is 27.9 Å². The van der Waals surface area contributed by atoms with Crippen molar-refractivity contribution in [3.05, 3.63) is 60.7 Å². The maximum Gasteiger partial charge on any atom is 0.244 e. The van der Waals surface area contributed by atoms with Gasteiger partial charge in [-0.05, 0) is 56.7 Å². The molecule has 0 bridgehead atoms. The molecule has 0 saturated carbocycles. The van der Waals surface area contributed by atoms with Crippen molar-refractivity contribution in [1.82, 2.24) is 34.9 Å². The Morgan fingerprint density at radius 1 is 1.12 bits per heavy atom. The van der Waals surface area contributed by atoms with Crippen molar-refractivity contribution in [1.29, 1.82) is 0 Å². The highest BCUT2D eigenvalue weighted by atomic mass is 16.2. The zero-order chi connectivity index (χ0) is 29.3. The molecule has 214 valence electrons. The molecule has 11 heteroatoms. The lowest BCUT2D eigenvalue weighted by atomic mass is 9.87. The van der Waals surface area contributed by atoms with Gasteiger partial charge in [-0.1, -0.05) is 5.92 Å². The Balaban J connectivity index is 1.10. The molecule has 0 spiro atoms. The summed E-state index contributed by atoms with van der Waals surface area (Å²) in [5, 5.41) is 11.5. The Bertz CT molecular complexity index is 1660. The van der Waals surface area contributed by atoms with Gasteiger partial charge in [0.25, 0.3) is 0 Å². The second-order valence-electron chi connectivity index (χ2n) is 11.1. The topological polar surface area (TPSA) is 123 Å². The van der Waals surface area contributed by atoms with Crippen LogP contribution in [0.15, 0.2) is 55.0 Å². The number of nitrogens with zero attached hydrogens (tertiary/aromatic N) is 7. The molecule has 2 amide bonds. The van der Waals surface area contributed by atoms with Crippen LogP contribution in [0, 0.1) is 24.7 Å². The average molecular weight is 564 g/mol. The minimum atomic E-state index is -1.02. The number of aromatic nitrogens is 5. The van der Waals surface area contributed by atoms with Crippen LogP contribution in [0.4, 0.5) is 11.6 Å². The number of rotatable bonds is 6. The Hall–Kier alpha value is -4.82. The molecule has 6 rings (SSSR count). The molecule has 0 radical (unpaired) electrons. The number of terminal acetylenes is 1. The summed E-state index contributed by atoms with van der Waals surface area (Å²) < 4.78 is 0. The quantitative estimate of drug-likeness (QED) is 0.344. The van der Waals surface area contributed by atoms with Crippen LogP contribution >= 0.6 is 0 Å². The van der Waals surface area contributed by atoms with Crippen molar-refractivity contribution in [2.45, 2.75) is 26.3 Å². The number of amides is 2. The van der Waals surface area contributed by atoms with Gasteiger partial charge < -0.3 is 15.1 Å². The van der Waals surface area contributed by atoms with Crippen molar-refractivity contribution >= 4 is 34.4 Å². The lowest BCUT2D eigenvalue weighted by Gasteiger charge is -2.40. The van der Waals surface area contributed by atoms with E-state index in [1.807, 2.05) is 54.0 Å². The molecule has 11 nitrogen and oxygen atoms in total. The first-order valence-electron chi connectivity index (χ1n) is 14.1. The van der Waals surface area contributed by atoms with Crippen LogP contribution in [0.2, 0.25) is 0 Å². The Kier molecular flexibility index (Phi) is 7.31. The number of pyridine rings is 1. The Morgan fingerprint density at radius 3 is 2.71 bits per heavy atom. The summed E-state index contributed by atoms with van der Waals surface area (Å²) in [4.78, 5) is 45.8. The molecular weight excluding hydrogens is 530 g/mol. The Morgan fingerprint density at radius 2 is 1.95 bits per heavy atom. The van der Waals surface area contributed by atoms with Gasteiger partial charge in [-0.2, -0.15) is 5.10 Å². The number of hydrogen-bond acceptors (Lipinski definition) is 8. The first-order valence-corrected chi connectivity index (χ1v) is 14.1. The third-order valence-corrected chi connectivity index (χ3v) is 8.19. The predicted octanol–water partition coefficient (Wildman–Crippen LogP) is 2.72. The molecule has 2 N–H and O–H groups in total. The zero-order valence-corrected chi connectivity index (χ0v) is 23.7. The molecule has 2 fully saturated rings. The molecule has 2 aliphatic heterocycles. The average Bonchev–Trinajstić information content (AvgIpc) is 3.62. The molecule has 2 saturated heterocycles. The van der Waals surface area contributed by atoms with Crippen molar-refractivity contribution < 1.29 is 9.59 Å². The lowest BCUT2D eigenvalue weighted by Crippen LogP contribution is -2.56. The first kappa shape index (κ1) is 27.4. The molecule has 2 atom stereocenters. The van der Waals surface area contributed by atoms with Crippen LogP contribution in [-0.2, 0) is 9.59 Å². The summed E-state index contributed by atoms with van der Waals surface area (Å²) >= 11 is 0. The van der Waals surface area contributed by atoms with Gasteiger partial charge in [-0.3, -0.25) is 24.6 Å². The van der Waals surface area contributed by atoms with Gasteiger partial charge in [0.05, 0.1) is 12.1 Å². The fraction of sp³-hybridized carbons (Fsp3) is 0.355. The number of fused-ring (bicyclic) bond motifs is 1. The molecule has 1 aromatic carbocycles. The number of carbonyl (C=O) groups is 2. The summed E-state index contributed by atoms with van der Waals surface area (Å²) in [6.07, 6.45) is 11.7. The number of H-pyrrole nitrogens is 1. The summed E-state index contributed by atoms with van der Waals surface area (Å²) in [7, 11) is 0. The third kappa shape index (κ3) is 5.29. The standard InChI is InChI=1S/C31H33N9O2/c1-4-31(29(42)35-24-6-7-26-25(17-24)28(37-36-26)23-8-12-32-21(2)16-23)9-13-38(20-31)19-27(41)40-15-14-39(18-22(40)3)30-33-10-5-11-34-30/h1,5-8,10-12,16-17,22H,9,13-15,18-20H2,2-3H3,(H,35,42)(H,36,37)/t22-,31?/m1/s1. The normalized spacial score (nSPS) is 20.9. The van der Waals surface area contributed by atoms with Crippen LogP contribution in [0.1, 0.15) is 19.0 Å². The van der Waals surface area contributed by atoms with E-state index in [9.17, 15) is 9.59 Å². The Labute approximate surface area is 244 Å². The highest BCUT2D eigenvalue weighted by molar-refractivity contribution is 6.01. The van der Waals surface area contributed by atoms with Crippen LogP contribution in [0.25, 0.3) is 22.2 Å². The number of benzene rings is 1. The van der Waals surface area contributed by atoms with E-state index in [2.05, 4.69) is 41.3 Å². The van der Waals surface area contributed by atoms with Gasteiger partial charge >= 0.3 is 0 Å². The molecule has 4 aromatic rings. The summed E-state index contributed by atoms with van der Waals surface area (Å²) in [6.45, 7) is 7.00. The van der Waals surface area contributed by atoms with Gasteiger partial charge in [0.2, 0.25) is 17.8 Å². The highest BCUT2D eigenvalue weighted by Crippen LogP contribution is 2.33. The fourth-order valence-electron chi connectivity index (χ4n) is 5.89. The van der Waals surface area contributed by atoms with Crippen molar-refractivity contribution in [2.24, 2.45) is 5.41 Å². The minimum Gasteiger partial charge on any atom is -0.337 e. The maximum atomic E-state index is 13.6. The second kappa shape index (κ2) is 11.2. The smallest absolute Gasteiger partial charge is 0.244 e. The molecule has 5 heterocycles. The van der Waals surface area contributed by atoms with Gasteiger partial charge in [0, 0.05) is 79.7 Å². The van der Waals surface area contributed by atoms with Gasteiger partial charge in [0.15, 0.2) is 0 Å². The summed E-state index contributed by atoms with van der Waals surface area (Å²) in [5.41, 5.74) is 3.10. The number of carbonyl (C=O) groups excluding carboxylic acids is 2. The van der Waals surface area contributed by atoms with E-state index in [1.54, 1.807) is 24.7 Å². The van der Waals surface area contributed by atoms with E-state index in [1.165, 1.54) is 0 Å². The maximum absolute atomic E-state index is 13.6. The second-order valence-corrected chi connectivity index (χ2v) is 11.1. The van der Waals surface area contributed by atoms with E-state index in [0.29, 0.717) is 50.8 Å². The molecule has 0 aliphatic carbocycles. The van der Waals surface area contributed by atoms with Crippen LogP contribution < -0.4 is 10.2 Å². The van der Waals surface area contributed by atoms with Crippen molar-refractivity contribution in [3.63, 3.8) is 0 Å². The van der Waals surface area contributed by atoms with E-state index < -0.39 is 5.41 Å². The van der Waals surface area contributed by atoms with E-state index >= 15 is 0 Å². The molecule has 2 aliphatic rings. The highest BCUT2D eigenvalue weighted by Gasteiger charge is 2.44. The number of piperazine rings is 1. The number of aromatic amines is 1. The molecular formula is C31H33N9O2. The SMILES string of the molecule is C#CC1(C(=O)Nc2ccc3[nH]nc(-c4ccnc(C)c4)c3c2)CCN(CC(=O)N2CCN(c3ncccn3)C[C@H]2C)C1. The van der Waals surface area contributed by atoms with Gasteiger partial charge in [-0.15, -0.1) is 6.42 Å². The monoisotopic (exact) mass is 563 g/mol. The fourth-order valence-corrected chi connectivity index (χ4v) is 5.89. The summed E-state index contributed by atoms with van der Waals surface area (Å²) in [6, 6.07) is 11.3. The van der Waals surface area contributed by atoms with Crippen LogP contribution in [-0.4, -0.2) is 92.1 Å².